The Morgan fingerprint density at radius 1 is 1.29 bits per heavy atom. The van der Waals surface area contributed by atoms with Gasteiger partial charge in [0.05, 0.1) is 5.92 Å². The molecule has 1 fully saturated rings. The Balaban J connectivity index is 1.97. The molecule has 2 unspecified atom stereocenters. The third kappa shape index (κ3) is 2.83. The van der Waals surface area contributed by atoms with Crippen molar-refractivity contribution in [3.8, 4) is 0 Å². The minimum atomic E-state index is -0.646. The van der Waals surface area contributed by atoms with E-state index in [1.54, 1.807) is 11.8 Å². The molecule has 1 N–H and O–H groups in total. The van der Waals surface area contributed by atoms with Crippen LogP contribution in [-0.4, -0.2) is 16.3 Å². The lowest BCUT2D eigenvalue weighted by Gasteiger charge is -2.32. The maximum absolute atomic E-state index is 10.9. The van der Waals surface area contributed by atoms with Crippen LogP contribution in [0.5, 0.6) is 0 Å². The molecule has 0 aliphatic heterocycles. The Morgan fingerprint density at radius 2 is 1.94 bits per heavy atom. The lowest BCUT2D eigenvalue weighted by atomic mass is 9.85. The smallest absolute Gasteiger partial charge is 0.307 e. The molecule has 0 aromatic heterocycles. The highest BCUT2D eigenvalue weighted by Crippen LogP contribution is 2.41. The minimum Gasteiger partial charge on any atom is -0.481 e. The van der Waals surface area contributed by atoms with E-state index in [0.29, 0.717) is 5.92 Å². The number of carboxylic acids is 1. The van der Waals surface area contributed by atoms with Crippen molar-refractivity contribution in [2.75, 3.05) is 0 Å². The van der Waals surface area contributed by atoms with E-state index in [9.17, 15) is 4.79 Å². The zero-order valence-corrected chi connectivity index (χ0v) is 11.0. The van der Waals surface area contributed by atoms with Crippen molar-refractivity contribution in [2.45, 2.75) is 42.8 Å². The molecule has 92 valence electrons. The molecule has 0 spiro atoms. The fraction of sp³-hybridized carbons (Fsp3) is 0.500. The summed E-state index contributed by atoms with van der Waals surface area (Å²) in [6.07, 6.45) is 1.85. The average molecular weight is 250 g/mol. The van der Waals surface area contributed by atoms with Crippen LogP contribution in [0, 0.1) is 5.92 Å². The number of thioether (sulfide) groups is 1. The highest BCUT2D eigenvalue weighted by atomic mass is 32.2. The van der Waals surface area contributed by atoms with Crippen LogP contribution in [-0.2, 0) is 4.79 Å². The van der Waals surface area contributed by atoms with Gasteiger partial charge in [-0.3, -0.25) is 4.79 Å². The van der Waals surface area contributed by atoms with Gasteiger partial charge in [-0.05, 0) is 36.5 Å². The lowest BCUT2D eigenvalue weighted by Crippen LogP contribution is -2.35. The van der Waals surface area contributed by atoms with Gasteiger partial charge in [0.25, 0.3) is 0 Å². The van der Waals surface area contributed by atoms with Crippen molar-refractivity contribution in [3.63, 3.8) is 0 Å². The molecule has 1 aromatic rings. The summed E-state index contributed by atoms with van der Waals surface area (Å²) in [5, 5.41) is 9.25. The van der Waals surface area contributed by atoms with Crippen molar-refractivity contribution >= 4 is 17.7 Å². The molecule has 0 bridgehead atoms. The molecule has 2 nitrogen and oxygen atoms in total. The second kappa shape index (κ2) is 5.13. The molecule has 0 heterocycles. The first-order chi connectivity index (χ1) is 8.08. The number of carbonyl (C=O) groups is 1. The second-order valence-electron chi connectivity index (χ2n) is 4.90. The van der Waals surface area contributed by atoms with E-state index in [0.717, 1.165) is 12.8 Å². The number of benzene rings is 1. The summed E-state index contributed by atoms with van der Waals surface area (Å²) in [4.78, 5) is 12.1. The van der Waals surface area contributed by atoms with Gasteiger partial charge in [-0.1, -0.05) is 26.0 Å². The van der Waals surface area contributed by atoms with E-state index in [1.807, 2.05) is 0 Å². The van der Waals surface area contributed by atoms with Crippen LogP contribution in [0.25, 0.3) is 0 Å². The van der Waals surface area contributed by atoms with Gasteiger partial charge in [0.2, 0.25) is 0 Å². The molecule has 17 heavy (non-hydrogen) atoms. The highest BCUT2D eigenvalue weighted by molar-refractivity contribution is 8.00. The third-order valence-electron chi connectivity index (χ3n) is 3.36. The monoisotopic (exact) mass is 250 g/mol. The summed E-state index contributed by atoms with van der Waals surface area (Å²) in [7, 11) is 0. The second-order valence-corrected chi connectivity index (χ2v) is 6.21. The summed E-state index contributed by atoms with van der Waals surface area (Å²) >= 11 is 1.71. The van der Waals surface area contributed by atoms with Gasteiger partial charge in [0, 0.05) is 10.1 Å². The fourth-order valence-electron chi connectivity index (χ4n) is 2.00. The zero-order chi connectivity index (χ0) is 12.4. The van der Waals surface area contributed by atoms with Gasteiger partial charge in [-0.2, -0.15) is 0 Å². The van der Waals surface area contributed by atoms with Gasteiger partial charge < -0.3 is 5.11 Å². The van der Waals surface area contributed by atoms with Crippen LogP contribution in [0.2, 0.25) is 0 Å². The van der Waals surface area contributed by atoms with Crippen LogP contribution in [0.15, 0.2) is 29.2 Å². The van der Waals surface area contributed by atoms with E-state index in [4.69, 9.17) is 5.11 Å². The summed E-state index contributed by atoms with van der Waals surface area (Å²) in [6, 6.07) is 8.50. The largest absolute Gasteiger partial charge is 0.481 e. The number of rotatable bonds is 4. The average Bonchev–Trinajstić information content (AvgIpc) is 2.24. The van der Waals surface area contributed by atoms with Crippen molar-refractivity contribution in [1.29, 1.82) is 0 Å². The highest BCUT2D eigenvalue weighted by Gasteiger charge is 2.37. The molecule has 2 rings (SSSR count). The van der Waals surface area contributed by atoms with Crippen LogP contribution in [0.1, 0.15) is 38.2 Å². The normalized spacial score (nSPS) is 23.5. The van der Waals surface area contributed by atoms with Crippen molar-refractivity contribution in [1.82, 2.24) is 0 Å². The molecule has 1 saturated carbocycles. The zero-order valence-electron chi connectivity index (χ0n) is 10.2. The predicted octanol–water partition coefficient (Wildman–Crippen LogP) is 3.77. The van der Waals surface area contributed by atoms with Crippen molar-refractivity contribution in [2.24, 2.45) is 5.92 Å². The van der Waals surface area contributed by atoms with Gasteiger partial charge in [-0.15, -0.1) is 11.8 Å². The van der Waals surface area contributed by atoms with Crippen LogP contribution in [0.3, 0.4) is 0 Å². The number of aliphatic carboxylic acids is 1. The van der Waals surface area contributed by atoms with E-state index in [-0.39, 0.29) is 11.2 Å². The molecule has 3 heteroatoms. The predicted molar refractivity (Wildman–Crippen MR) is 70.5 cm³/mol. The molecular formula is C14H18O2S. The number of carboxylic acid groups (broad SMARTS) is 1. The van der Waals surface area contributed by atoms with E-state index >= 15 is 0 Å². The molecule has 1 aromatic carbocycles. The SMILES string of the molecule is CC(C)c1ccc(SC2CCC2C(=O)O)cc1. The quantitative estimate of drug-likeness (QED) is 0.884. The Bertz CT molecular complexity index is 397. The summed E-state index contributed by atoms with van der Waals surface area (Å²) in [5.41, 5.74) is 1.33. The third-order valence-corrected chi connectivity index (χ3v) is 4.77. The maximum Gasteiger partial charge on any atom is 0.307 e. The van der Waals surface area contributed by atoms with E-state index in [2.05, 4.69) is 38.1 Å². The van der Waals surface area contributed by atoms with Gasteiger partial charge in [-0.25, -0.2) is 0 Å². The standard InChI is InChI=1S/C14H18O2S/c1-9(2)10-3-5-11(6-4-10)17-13-8-7-12(13)14(15)16/h3-6,9,12-13H,7-8H2,1-2H3,(H,15,16). The minimum absolute atomic E-state index is 0.148. The first kappa shape index (κ1) is 12.5. The molecule has 0 amide bonds. The van der Waals surface area contributed by atoms with E-state index < -0.39 is 5.97 Å². The molecule has 1 aliphatic rings. The molecule has 2 atom stereocenters. The molecule has 1 aliphatic carbocycles. The number of hydrogen-bond acceptors (Lipinski definition) is 2. The van der Waals surface area contributed by atoms with Crippen LogP contribution in [0.4, 0.5) is 0 Å². The lowest BCUT2D eigenvalue weighted by molar-refractivity contribution is -0.144. The molecule has 0 radical (unpaired) electrons. The fourth-order valence-corrected chi connectivity index (χ4v) is 3.31. The summed E-state index contributed by atoms with van der Waals surface area (Å²) in [5.74, 6) is -0.248. The topological polar surface area (TPSA) is 37.3 Å². The maximum atomic E-state index is 10.9. The van der Waals surface area contributed by atoms with Crippen LogP contribution < -0.4 is 0 Å². The van der Waals surface area contributed by atoms with Gasteiger partial charge in [0.15, 0.2) is 0 Å². The van der Waals surface area contributed by atoms with Crippen molar-refractivity contribution in [3.05, 3.63) is 29.8 Å². The van der Waals surface area contributed by atoms with Crippen LogP contribution >= 0.6 is 11.8 Å². The Labute approximate surface area is 106 Å². The Morgan fingerprint density at radius 3 is 2.35 bits per heavy atom. The molecule has 0 saturated heterocycles. The Hall–Kier alpha value is -0.960. The first-order valence-electron chi connectivity index (χ1n) is 6.07. The van der Waals surface area contributed by atoms with Gasteiger partial charge in [0.1, 0.15) is 0 Å². The van der Waals surface area contributed by atoms with Crippen molar-refractivity contribution < 1.29 is 9.90 Å². The van der Waals surface area contributed by atoms with Gasteiger partial charge >= 0.3 is 5.97 Å². The first-order valence-corrected chi connectivity index (χ1v) is 6.95. The Kier molecular flexibility index (Phi) is 3.77. The summed E-state index contributed by atoms with van der Waals surface area (Å²) in [6.45, 7) is 4.35. The summed E-state index contributed by atoms with van der Waals surface area (Å²) < 4.78 is 0. The van der Waals surface area contributed by atoms with E-state index in [1.165, 1.54) is 10.5 Å². The number of hydrogen-bond donors (Lipinski definition) is 1. The molecular weight excluding hydrogens is 232 g/mol.